The molecule has 0 aliphatic carbocycles. The lowest BCUT2D eigenvalue weighted by Crippen LogP contribution is -2.52. The molecule has 6 aliphatic heterocycles. The Labute approximate surface area is 336 Å². The predicted molar refractivity (Wildman–Crippen MR) is 216 cm³/mol. The molecular formula is C42H42N6O8S2. The van der Waals surface area contributed by atoms with Crippen molar-refractivity contribution in [2.75, 3.05) is 22.9 Å². The van der Waals surface area contributed by atoms with Crippen molar-refractivity contribution in [1.29, 1.82) is 0 Å². The molecule has 16 heteroatoms. The van der Waals surface area contributed by atoms with Crippen molar-refractivity contribution in [2.24, 2.45) is 20.6 Å². The zero-order chi connectivity index (χ0) is 41.1. The highest BCUT2D eigenvalue weighted by atomic mass is 32.2. The maximum Gasteiger partial charge on any atom is 0.283 e. The van der Waals surface area contributed by atoms with Gasteiger partial charge in [-0.25, -0.2) is 0 Å². The van der Waals surface area contributed by atoms with Crippen molar-refractivity contribution >= 4 is 54.9 Å². The van der Waals surface area contributed by atoms with Crippen LogP contribution in [0.2, 0.25) is 0 Å². The van der Waals surface area contributed by atoms with Crippen LogP contribution in [-0.2, 0) is 40.8 Å². The Morgan fingerprint density at radius 3 is 1.28 bits per heavy atom. The highest BCUT2D eigenvalue weighted by molar-refractivity contribution is 7.90. The first-order chi connectivity index (χ1) is 27.4. The third kappa shape index (κ3) is 5.79. The summed E-state index contributed by atoms with van der Waals surface area (Å²) in [5.41, 5.74) is 2.22. The van der Waals surface area contributed by atoms with Gasteiger partial charge in [-0.05, 0) is 64.1 Å². The number of aryl methyl sites for hydroxylation is 2. The number of para-hydroxylation sites is 2. The van der Waals surface area contributed by atoms with E-state index in [-0.39, 0.29) is 59.4 Å². The van der Waals surface area contributed by atoms with E-state index in [9.17, 15) is 36.6 Å². The van der Waals surface area contributed by atoms with Gasteiger partial charge in [0, 0.05) is 35.8 Å². The van der Waals surface area contributed by atoms with Crippen LogP contribution in [0.4, 0.5) is 11.4 Å². The maximum atomic E-state index is 12.9. The number of carbonyl (C=O) groups excluding carboxylic acids is 2. The van der Waals surface area contributed by atoms with E-state index in [0.29, 0.717) is 34.2 Å². The van der Waals surface area contributed by atoms with Gasteiger partial charge in [-0.1, -0.05) is 71.8 Å². The number of amides is 2. The standard InChI is InChI=1S/2C21H21N3O4S/c2*1-13-7-9-14(10-8-13)29(27,28)22-18-11-16-20-23(18)12-19(25)24(20)17-6-4-3-5-15(17)21(16,2)26/h2*3-10,16,20,26H,11-12H2,1-2H3/b2*22-18+/t2*16-,20-,21+/m10/s1. The Kier molecular flexibility index (Phi) is 8.57. The number of rotatable bonds is 4. The Hall–Kier alpha value is -5.42. The molecule has 14 nitrogen and oxygen atoms in total. The summed E-state index contributed by atoms with van der Waals surface area (Å²) < 4.78 is 59.7. The number of fused-ring (bicyclic) bond motifs is 4. The molecule has 58 heavy (non-hydrogen) atoms. The van der Waals surface area contributed by atoms with Gasteiger partial charge in [0.05, 0.1) is 32.4 Å². The molecule has 6 atom stereocenters. The molecule has 0 spiro atoms. The van der Waals surface area contributed by atoms with Crippen molar-refractivity contribution < 1.29 is 36.6 Å². The summed E-state index contributed by atoms with van der Waals surface area (Å²) in [4.78, 5) is 32.6. The van der Waals surface area contributed by atoms with Crippen molar-refractivity contribution in [3.63, 3.8) is 0 Å². The van der Waals surface area contributed by atoms with Gasteiger partial charge in [-0.3, -0.25) is 19.4 Å². The number of anilines is 2. The lowest BCUT2D eigenvalue weighted by atomic mass is 9.76. The number of nitrogens with zero attached hydrogens (tertiary/aromatic N) is 6. The molecule has 4 saturated heterocycles. The molecule has 0 bridgehead atoms. The summed E-state index contributed by atoms with van der Waals surface area (Å²) in [6.07, 6.45) is -0.305. The van der Waals surface area contributed by atoms with E-state index >= 15 is 0 Å². The van der Waals surface area contributed by atoms with E-state index in [1.54, 1.807) is 57.7 Å². The van der Waals surface area contributed by atoms with Crippen LogP contribution >= 0.6 is 0 Å². The minimum absolute atomic E-state index is 0.0494. The average Bonchev–Trinajstić information content (AvgIpc) is 3.91. The van der Waals surface area contributed by atoms with E-state index in [2.05, 4.69) is 8.80 Å². The zero-order valence-corrected chi connectivity index (χ0v) is 33.9. The first-order valence-corrected chi connectivity index (χ1v) is 21.9. The Bertz CT molecular complexity index is 2490. The lowest BCUT2D eigenvalue weighted by Gasteiger charge is -2.44. The molecule has 6 heterocycles. The van der Waals surface area contributed by atoms with E-state index in [0.717, 1.165) is 11.1 Å². The van der Waals surface area contributed by atoms with Crippen LogP contribution in [0.15, 0.2) is 116 Å². The molecule has 300 valence electrons. The third-order valence-electron chi connectivity index (χ3n) is 12.5. The Morgan fingerprint density at radius 2 is 0.914 bits per heavy atom. The smallest absolute Gasteiger partial charge is 0.283 e. The summed E-state index contributed by atoms with van der Waals surface area (Å²) in [7, 11) is -7.83. The van der Waals surface area contributed by atoms with Crippen LogP contribution in [0.25, 0.3) is 0 Å². The summed E-state index contributed by atoms with van der Waals surface area (Å²) in [5, 5.41) is 22.7. The molecule has 0 saturated carbocycles. The highest BCUT2D eigenvalue weighted by Crippen LogP contribution is 2.54. The summed E-state index contributed by atoms with van der Waals surface area (Å²) in [5.74, 6) is -0.327. The fourth-order valence-electron chi connectivity index (χ4n) is 9.46. The molecular weight excluding hydrogens is 781 g/mol. The number of benzene rings is 4. The molecule has 10 rings (SSSR count). The fourth-order valence-corrected chi connectivity index (χ4v) is 11.5. The van der Waals surface area contributed by atoms with Gasteiger partial charge >= 0.3 is 0 Å². The van der Waals surface area contributed by atoms with E-state index in [4.69, 9.17) is 0 Å². The minimum Gasteiger partial charge on any atom is -0.385 e. The van der Waals surface area contributed by atoms with Gasteiger partial charge in [-0.15, -0.1) is 8.80 Å². The van der Waals surface area contributed by atoms with Crippen LogP contribution in [0.5, 0.6) is 0 Å². The summed E-state index contributed by atoms with van der Waals surface area (Å²) >= 11 is 0. The van der Waals surface area contributed by atoms with Gasteiger partial charge < -0.3 is 20.0 Å². The SMILES string of the molecule is Cc1ccc(S(=O)(=O)/N=C2\C[C@@H]3[C@@H]4N2CC(=O)N4c2ccccc2[C@]3(C)O)cc1.Cc1ccc(S(=O)(=O)/N=C2\C[C@H]3[C@H]4N2CC(=O)N4c2ccccc2[C@@]3(C)O)cc1. The number of carbonyl (C=O) groups is 2. The topological polar surface area (TPSA) is 181 Å². The molecule has 2 amide bonds. The molecule has 0 radical (unpaired) electrons. The minimum atomic E-state index is -3.92. The quantitative estimate of drug-likeness (QED) is 0.306. The second-order valence-corrected chi connectivity index (χ2v) is 19.4. The third-order valence-corrected chi connectivity index (χ3v) is 15.1. The Morgan fingerprint density at radius 1 is 0.569 bits per heavy atom. The number of sulfonamides is 2. The number of amidine groups is 2. The van der Waals surface area contributed by atoms with E-state index < -0.39 is 43.6 Å². The van der Waals surface area contributed by atoms with Crippen LogP contribution in [0.1, 0.15) is 48.9 Å². The molecule has 0 unspecified atom stereocenters. The summed E-state index contributed by atoms with van der Waals surface area (Å²) in [6, 6.07) is 27.6. The first-order valence-electron chi connectivity index (χ1n) is 19.0. The van der Waals surface area contributed by atoms with Crippen LogP contribution in [-0.4, -0.2) is 85.8 Å². The normalized spacial score (nSPS) is 29.3. The van der Waals surface area contributed by atoms with Crippen molar-refractivity contribution in [3.8, 4) is 0 Å². The number of hydrogen-bond acceptors (Lipinski definition) is 8. The van der Waals surface area contributed by atoms with Crippen molar-refractivity contribution in [3.05, 3.63) is 119 Å². The van der Waals surface area contributed by atoms with Gasteiger partial charge in [-0.2, -0.15) is 16.8 Å². The average molecular weight is 823 g/mol. The fraction of sp³-hybridized carbons (Fsp3) is 0.333. The van der Waals surface area contributed by atoms with E-state index in [1.807, 2.05) is 62.4 Å². The predicted octanol–water partition coefficient (Wildman–Crippen LogP) is 4.00. The Balaban J connectivity index is 0.000000150. The molecule has 0 aromatic heterocycles. The van der Waals surface area contributed by atoms with Crippen molar-refractivity contribution in [2.45, 2.75) is 73.9 Å². The molecule has 4 aromatic rings. The molecule has 4 aromatic carbocycles. The highest BCUT2D eigenvalue weighted by Gasteiger charge is 2.61. The van der Waals surface area contributed by atoms with Gasteiger partial charge in [0.25, 0.3) is 20.0 Å². The van der Waals surface area contributed by atoms with Crippen LogP contribution in [0, 0.1) is 25.7 Å². The van der Waals surface area contributed by atoms with Gasteiger partial charge in [0.2, 0.25) is 11.8 Å². The monoisotopic (exact) mass is 822 g/mol. The first kappa shape index (κ1) is 38.1. The second kappa shape index (κ2) is 13.0. The largest absolute Gasteiger partial charge is 0.385 e. The number of hydrogen-bond donors (Lipinski definition) is 2. The number of aliphatic hydroxyl groups is 2. The van der Waals surface area contributed by atoms with Gasteiger partial charge in [0.1, 0.15) is 37.1 Å². The van der Waals surface area contributed by atoms with Gasteiger partial charge in [0.15, 0.2) is 0 Å². The van der Waals surface area contributed by atoms with Crippen LogP contribution < -0.4 is 9.80 Å². The molecule has 2 N–H and O–H groups in total. The lowest BCUT2D eigenvalue weighted by molar-refractivity contribution is -0.117. The second-order valence-electron chi connectivity index (χ2n) is 16.2. The van der Waals surface area contributed by atoms with Crippen molar-refractivity contribution in [1.82, 2.24) is 9.80 Å². The van der Waals surface area contributed by atoms with Crippen LogP contribution in [0.3, 0.4) is 0 Å². The zero-order valence-electron chi connectivity index (χ0n) is 32.2. The molecule has 4 fully saturated rings. The summed E-state index contributed by atoms with van der Waals surface area (Å²) in [6.45, 7) is 7.32. The molecule has 6 aliphatic rings. The van der Waals surface area contributed by atoms with E-state index in [1.165, 1.54) is 24.3 Å². The maximum absolute atomic E-state index is 12.9.